The first-order valence-electron chi connectivity index (χ1n) is 46.5. The van der Waals surface area contributed by atoms with Crippen LogP contribution in [0.3, 0.4) is 0 Å². The summed E-state index contributed by atoms with van der Waals surface area (Å²) in [6, 6.07) is 152. The third kappa shape index (κ3) is 14.4. The van der Waals surface area contributed by atoms with Gasteiger partial charge in [0.1, 0.15) is 0 Å². The van der Waals surface area contributed by atoms with Crippen LogP contribution in [0.1, 0.15) is 74.9 Å². The molecule has 0 fully saturated rings. The summed E-state index contributed by atoms with van der Waals surface area (Å²) in [7, 11) is 0. The smallest absolute Gasteiger partial charge is 0.164 e. The first-order chi connectivity index (χ1) is 66.7. The molecule has 3 aliphatic carbocycles. The predicted molar refractivity (Wildman–Crippen MR) is 563 cm³/mol. The minimum atomic E-state index is -0.190. The minimum absolute atomic E-state index is 0.0284. The molecule has 23 aromatic rings. The number of fused-ring (bicyclic) bond motifs is 17. The van der Waals surface area contributed by atoms with E-state index in [0.717, 1.165) is 88.8 Å². The van der Waals surface area contributed by atoms with Crippen molar-refractivity contribution in [1.29, 1.82) is 0 Å². The van der Waals surface area contributed by atoms with Gasteiger partial charge in [-0.3, -0.25) is 0 Å². The molecule has 0 bridgehead atoms. The van der Waals surface area contributed by atoms with E-state index in [1.807, 2.05) is 54.6 Å². The van der Waals surface area contributed by atoms with Gasteiger partial charge in [0.2, 0.25) is 0 Å². The van der Waals surface area contributed by atoms with Crippen molar-refractivity contribution in [2.75, 3.05) is 0 Å². The van der Waals surface area contributed by atoms with Crippen LogP contribution in [-0.4, -0.2) is 44.9 Å². The molecule has 644 valence electrons. The fraction of sp³-hybridized carbons (Fsp3) is 0.0714. The Morgan fingerprint density at radius 1 is 0.162 bits per heavy atom. The molecule has 4 aromatic heterocycles. The van der Waals surface area contributed by atoms with E-state index < -0.39 is 0 Å². The summed E-state index contributed by atoms with van der Waals surface area (Å²) < 4.78 is 2.49. The zero-order valence-corrected chi connectivity index (χ0v) is 76.7. The van der Waals surface area contributed by atoms with Gasteiger partial charge in [-0.25, -0.2) is 44.9 Å². The van der Waals surface area contributed by atoms with E-state index >= 15 is 0 Å². The Kier molecular flexibility index (Phi) is 20.3. The Morgan fingerprint density at radius 3 is 1.10 bits per heavy atom. The van der Waals surface area contributed by atoms with E-state index in [1.54, 1.807) is 11.3 Å². The molecule has 26 rings (SSSR count). The van der Waals surface area contributed by atoms with Gasteiger partial charge in [0, 0.05) is 86.5 Å². The number of hydrogen-bond donors (Lipinski definition) is 0. The maximum absolute atomic E-state index is 5.32. The van der Waals surface area contributed by atoms with Crippen molar-refractivity contribution < 1.29 is 0 Å². The number of benzene rings is 19. The average Bonchev–Trinajstić information content (AvgIpc) is 1.55. The van der Waals surface area contributed by atoms with Gasteiger partial charge >= 0.3 is 0 Å². The highest BCUT2D eigenvalue weighted by Crippen LogP contribution is 2.56. The molecule has 19 aromatic carbocycles. The average molecular weight is 1760 g/mol. The summed E-state index contributed by atoms with van der Waals surface area (Å²) in [5.41, 5.74) is 31.3. The normalized spacial score (nSPS) is 13.1. The number of hydrogen-bond acceptors (Lipinski definition) is 10. The Balaban J connectivity index is 0.000000112. The zero-order chi connectivity index (χ0) is 91.3. The van der Waals surface area contributed by atoms with E-state index in [-0.39, 0.29) is 16.2 Å². The molecule has 0 unspecified atom stereocenters. The van der Waals surface area contributed by atoms with Crippen LogP contribution in [0.15, 0.2) is 431 Å². The fourth-order valence-electron chi connectivity index (χ4n) is 21.1. The number of aromatic nitrogens is 9. The van der Waals surface area contributed by atoms with E-state index in [0.29, 0.717) is 52.4 Å². The van der Waals surface area contributed by atoms with Crippen molar-refractivity contribution in [1.82, 2.24) is 44.9 Å². The van der Waals surface area contributed by atoms with Crippen molar-refractivity contribution in [2.24, 2.45) is 0 Å². The molecule has 0 radical (unpaired) electrons. The van der Waals surface area contributed by atoms with Gasteiger partial charge in [-0.2, -0.15) is 0 Å². The molecule has 0 spiro atoms. The van der Waals surface area contributed by atoms with Gasteiger partial charge in [-0.05, 0) is 175 Å². The number of thiophene rings is 1. The first-order valence-corrected chi connectivity index (χ1v) is 47.3. The minimum Gasteiger partial charge on any atom is -0.208 e. The van der Waals surface area contributed by atoms with E-state index in [4.69, 9.17) is 44.9 Å². The van der Waals surface area contributed by atoms with Gasteiger partial charge in [-0.1, -0.05) is 430 Å². The zero-order valence-electron chi connectivity index (χ0n) is 75.9. The Labute approximate surface area is 794 Å². The van der Waals surface area contributed by atoms with Gasteiger partial charge in [0.05, 0.1) is 0 Å². The lowest BCUT2D eigenvalue weighted by molar-refractivity contribution is 0.661. The maximum atomic E-state index is 5.32. The summed E-state index contributed by atoms with van der Waals surface area (Å²) in [5.74, 6) is 5.99. The summed E-state index contributed by atoms with van der Waals surface area (Å²) >= 11 is 1.81. The van der Waals surface area contributed by atoms with Crippen LogP contribution in [0.5, 0.6) is 0 Å². The molecule has 0 amide bonds. The van der Waals surface area contributed by atoms with Crippen molar-refractivity contribution in [3.8, 4) is 169 Å². The summed E-state index contributed by atoms with van der Waals surface area (Å²) in [6.07, 6.45) is 0. The van der Waals surface area contributed by atoms with Crippen molar-refractivity contribution in [2.45, 2.75) is 57.8 Å². The molecule has 0 N–H and O–H groups in total. The summed E-state index contributed by atoms with van der Waals surface area (Å²) in [5, 5.41) is 9.59. The van der Waals surface area contributed by atoms with Crippen molar-refractivity contribution in [3.63, 3.8) is 0 Å². The summed E-state index contributed by atoms with van der Waals surface area (Å²) in [4.78, 5) is 46.3. The standard InChI is InChI=1S/C46H33N3.C40H27N3S.C40H29N3/c1-46(2)40-26-12-11-23-36(40)37-28-27-32-19-14-25-39(41(32)42(37)46)45-48-43(34-21-13-20-33(29-34)30-15-5-3-6-16-30)47-44(49-45)38-24-10-9-22-35(38)31-17-7-4-8-18-31;1-40(2)32-16-8-6-13-28(32)31-22-27-21-26(20-19-25(27)23-33(31)40)38-41-37(24-11-4-3-5-12-24)42-39(43-38)30-15-10-18-35-36(30)29-14-7-9-17-34(29)44-35;1-40(2)35-22-10-9-19-31(35)33-24-23-30-32(36(33)40)20-12-21-34(30)39-42-37(27-15-7-4-8-16-27)41-38(43-39)29-18-11-17-28(25-29)26-13-5-3-6-14-26/h3-29H,1-2H3;3-23H,1-2H3;3-25H,1-2H3. The second-order valence-electron chi connectivity index (χ2n) is 37.0. The van der Waals surface area contributed by atoms with E-state index in [1.165, 1.54) is 114 Å². The van der Waals surface area contributed by atoms with Crippen LogP contribution >= 0.6 is 11.3 Å². The van der Waals surface area contributed by atoms with Crippen LogP contribution in [0.2, 0.25) is 0 Å². The summed E-state index contributed by atoms with van der Waals surface area (Å²) in [6.45, 7) is 14.0. The van der Waals surface area contributed by atoms with Gasteiger partial charge in [-0.15, -0.1) is 11.3 Å². The predicted octanol–water partition coefficient (Wildman–Crippen LogP) is 32.4. The Bertz CT molecular complexity index is 8690. The van der Waals surface area contributed by atoms with E-state index in [9.17, 15) is 0 Å². The van der Waals surface area contributed by atoms with E-state index in [2.05, 4.69) is 418 Å². The SMILES string of the molecule is CC1(C)c2ccccc2-c2cc3cc(-c4nc(-c5ccccc5)nc(-c5cccc6sc7ccccc7c56)n4)ccc3cc21.CC1(C)c2ccccc2-c2ccc3c(-c4nc(-c5ccccc5)nc(-c5cccc(-c6ccccc6)c5)n4)cccc3c21.CC1(C)c2ccccc2-c2ccc3cccc(-c4nc(-c5cccc(-c6ccccc6)c5)nc(-c5ccccc5-c5ccccc5)n4)c3c21. The second-order valence-corrected chi connectivity index (χ2v) is 38.1. The van der Waals surface area contributed by atoms with Crippen LogP contribution in [-0.2, 0) is 16.2 Å². The third-order valence-electron chi connectivity index (χ3n) is 27.7. The van der Waals surface area contributed by atoms with Gasteiger partial charge in [0.25, 0.3) is 0 Å². The van der Waals surface area contributed by atoms with Crippen LogP contribution < -0.4 is 0 Å². The van der Waals surface area contributed by atoms with Crippen LogP contribution in [0.25, 0.3) is 222 Å². The van der Waals surface area contributed by atoms with Crippen LogP contribution in [0, 0.1) is 0 Å². The lowest BCUT2D eigenvalue weighted by Crippen LogP contribution is -2.16. The Morgan fingerprint density at radius 2 is 0.522 bits per heavy atom. The monoisotopic (exact) mass is 1760 g/mol. The number of rotatable bonds is 12. The van der Waals surface area contributed by atoms with Crippen molar-refractivity contribution in [3.05, 3.63) is 464 Å². The maximum Gasteiger partial charge on any atom is 0.164 e. The molecule has 4 heterocycles. The lowest BCUT2D eigenvalue weighted by Gasteiger charge is -2.24. The molecular formula is C126H89N9S. The van der Waals surface area contributed by atoms with Crippen LogP contribution in [0.4, 0.5) is 0 Å². The van der Waals surface area contributed by atoms with Gasteiger partial charge < -0.3 is 0 Å². The molecule has 0 saturated heterocycles. The largest absolute Gasteiger partial charge is 0.208 e. The molecular weight excluding hydrogens is 1670 g/mol. The fourth-order valence-corrected chi connectivity index (χ4v) is 22.3. The third-order valence-corrected chi connectivity index (χ3v) is 28.9. The molecule has 0 atom stereocenters. The first kappa shape index (κ1) is 82.4. The highest BCUT2D eigenvalue weighted by atomic mass is 32.1. The van der Waals surface area contributed by atoms with Crippen molar-refractivity contribution >= 4 is 63.8 Å². The molecule has 136 heavy (non-hydrogen) atoms. The molecule has 9 nitrogen and oxygen atoms in total. The molecule has 10 heteroatoms. The topological polar surface area (TPSA) is 116 Å². The highest BCUT2D eigenvalue weighted by molar-refractivity contribution is 7.26. The quantitative estimate of drug-likeness (QED) is 0.118. The lowest BCUT2D eigenvalue weighted by atomic mass is 9.79. The Hall–Kier alpha value is -16.8. The highest BCUT2D eigenvalue weighted by Gasteiger charge is 2.40. The molecule has 0 saturated carbocycles. The second kappa shape index (κ2) is 33.5. The molecule has 3 aliphatic rings. The number of nitrogens with zero attached hydrogens (tertiary/aromatic N) is 9. The van der Waals surface area contributed by atoms with Gasteiger partial charge in [0.15, 0.2) is 52.4 Å². The molecule has 0 aliphatic heterocycles.